The van der Waals surface area contributed by atoms with Crippen molar-refractivity contribution < 1.29 is 13.2 Å². The van der Waals surface area contributed by atoms with Crippen molar-refractivity contribution in [2.24, 2.45) is 0 Å². The van der Waals surface area contributed by atoms with Crippen LogP contribution in [0.3, 0.4) is 0 Å². The maximum Gasteiger partial charge on any atom is 0.416 e. The number of aryl methyl sites for hydroxylation is 1. The molecule has 1 aromatic heterocycles. The van der Waals surface area contributed by atoms with Crippen molar-refractivity contribution in [3.05, 3.63) is 41.7 Å². The Morgan fingerprint density at radius 2 is 1.87 bits per heavy atom. The first-order valence-electron chi connectivity index (χ1n) is 4.41. The smallest absolute Gasteiger partial charge is 0.261 e. The van der Waals surface area contributed by atoms with Crippen molar-refractivity contribution in [2.45, 2.75) is 13.1 Å². The zero-order valence-electron chi connectivity index (χ0n) is 7.97. The van der Waals surface area contributed by atoms with Gasteiger partial charge in [0.15, 0.2) is 0 Å². The zero-order valence-corrected chi connectivity index (χ0v) is 7.97. The molecular weight excluding hydrogens is 203 g/mol. The van der Waals surface area contributed by atoms with Gasteiger partial charge in [0.05, 0.1) is 5.56 Å². The largest absolute Gasteiger partial charge is 0.416 e. The summed E-state index contributed by atoms with van der Waals surface area (Å²) < 4.78 is 37.2. The van der Waals surface area contributed by atoms with E-state index >= 15 is 0 Å². The standard InChI is InChI=1S/C11H8F3N/c1-7-10-3-2-9(11(12,13)14)6-8(10)4-5-15-7/h2-6H,1H3. The van der Waals surface area contributed by atoms with E-state index in [1.54, 1.807) is 13.0 Å². The molecule has 2 aromatic rings. The molecule has 1 aromatic carbocycles. The average molecular weight is 211 g/mol. The lowest BCUT2D eigenvalue weighted by molar-refractivity contribution is -0.137. The van der Waals surface area contributed by atoms with Gasteiger partial charge in [-0.1, -0.05) is 6.07 Å². The molecule has 15 heavy (non-hydrogen) atoms. The summed E-state index contributed by atoms with van der Waals surface area (Å²) >= 11 is 0. The third-order valence-corrected chi connectivity index (χ3v) is 2.29. The summed E-state index contributed by atoms with van der Waals surface area (Å²) in [6.07, 6.45) is -2.77. The normalized spacial score (nSPS) is 12.0. The average Bonchev–Trinajstić information content (AvgIpc) is 2.16. The number of nitrogens with zero attached hydrogens (tertiary/aromatic N) is 1. The lowest BCUT2D eigenvalue weighted by atomic mass is 10.1. The molecule has 0 saturated heterocycles. The van der Waals surface area contributed by atoms with Gasteiger partial charge < -0.3 is 0 Å². The van der Waals surface area contributed by atoms with Gasteiger partial charge in [0.25, 0.3) is 0 Å². The van der Waals surface area contributed by atoms with Crippen LogP contribution in [0.2, 0.25) is 0 Å². The number of hydrogen-bond acceptors (Lipinski definition) is 1. The monoisotopic (exact) mass is 211 g/mol. The molecule has 0 radical (unpaired) electrons. The van der Waals surface area contributed by atoms with Gasteiger partial charge in [0, 0.05) is 17.3 Å². The summed E-state index contributed by atoms with van der Waals surface area (Å²) in [7, 11) is 0. The van der Waals surface area contributed by atoms with E-state index in [4.69, 9.17) is 0 Å². The Hall–Kier alpha value is -1.58. The first-order chi connectivity index (χ1) is 6.98. The van der Waals surface area contributed by atoms with E-state index in [1.165, 1.54) is 12.3 Å². The van der Waals surface area contributed by atoms with Crippen LogP contribution in [0, 0.1) is 6.92 Å². The van der Waals surface area contributed by atoms with Crippen LogP contribution in [0.15, 0.2) is 30.5 Å². The number of benzene rings is 1. The molecule has 0 atom stereocenters. The van der Waals surface area contributed by atoms with Gasteiger partial charge in [-0.2, -0.15) is 13.2 Å². The second-order valence-electron chi connectivity index (χ2n) is 3.33. The van der Waals surface area contributed by atoms with Crippen molar-refractivity contribution in [3.63, 3.8) is 0 Å². The van der Waals surface area contributed by atoms with E-state index < -0.39 is 11.7 Å². The molecule has 1 heterocycles. The van der Waals surface area contributed by atoms with Crippen LogP contribution in [-0.4, -0.2) is 4.98 Å². The van der Waals surface area contributed by atoms with E-state index in [0.29, 0.717) is 5.39 Å². The molecule has 78 valence electrons. The molecule has 0 spiro atoms. The molecule has 0 unspecified atom stereocenters. The van der Waals surface area contributed by atoms with Gasteiger partial charge in [-0.3, -0.25) is 4.98 Å². The molecule has 0 aliphatic rings. The minimum absolute atomic E-state index is 0.567. The Labute approximate surface area is 84.6 Å². The maximum atomic E-state index is 12.4. The summed E-state index contributed by atoms with van der Waals surface area (Å²) in [6, 6.07) is 5.26. The Morgan fingerprint density at radius 1 is 1.13 bits per heavy atom. The quantitative estimate of drug-likeness (QED) is 0.649. The summed E-state index contributed by atoms with van der Waals surface area (Å²) in [5, 5.41) is 1.32. The summed E-state index contributed by atoms with van der Waals surface area (Å²) in [4.78, 5) is 4.02. The van der Waals surface area contributed by atoms with Crippen LogP contribution in [0.5, 0.6) is 0 Å². The number of halogens is 3. The third kappa shape index (κ3) is 1.79. The van der Waals surface area contributed by atoms with Crippen LogP contribution in [0.1, 0.15) is 11.3 Å². The molecule has 0 saturated carbocycles. The fourth-order valence-corrected chi connectivity index (χ4v) is 1.51. The predicted molar refractivity (Wildman–Crippen MR) is 51.5 cm³/mol. The molecule has 0 fully saturated rings. The number of fused-ring (bicyclic) bond motifs is 1. The molecule has 1 nitrogen and oxygen atoms in total. The van der Waals surface area contributed by atoms with Gasteiger partial charge in [-0.15, -0.1) is 0 Å². The summed E-state index contributed by atoms with van der Waals surface area (Å²) in [6.45, 7) is 1.77. The third-order valence-electron chi connectivity index (χ3n) is 2.29. The van der Waals surface area contributed by atoms with Crippen LogP contribution in [0.25, 0.3) is 10.8 Å². The number of rotatable bonds is 0. The Morgan fingerprint density at radius 3 is 2.53 bits per heavy atom. The number of pyridine rings is 1. The Balaban J connectivity index is 2.68. The first-order valence-corrected chi connectivity index (χ1v) is 4.41. The van der Waals surface area contributed by atoms with Crippen LogP contribution >= 0.6 is 0 Å². The van der Waals surface area contributed by atoms with Crippen LogP contribution in [-0.2, 0) is 6.18 Å². The minimum Gasteiger partial charge on any atom is -0.261 e. The summed E-state index contributed by atoms with van der Waals surface area (Å²) in [5.74, 6) is 0. The highest BCUT2D eigenvalue weighted by atomic mass is 19.4. The molecule has 2 rings (SSSR count). The molecule has 4 heteroatoms. The van der Waals surface area contributed by atoms with Crippen molar-refractivity contribution in [2.75, 3.05) is 0 Å². The topological polar surface area (TPSA) is 12.9 Å². The van der Waals surface area contributed by atoms with E-state index in [0.717, 1.165) is 23.2 Å². The van der Waals surface area contributed by atoms with Gasteiger partial charge in [0.1, 0.15) is 0 Å². The van der Waals surface area contributed by atoms with Gasteiger partial charge in [-0.05, 0) is 30.5 Å². The van der Waals surface area contributed by atoms with Crippen molar-refractivity contribution in [1.82, 2.24) is 4.98 Å². The molecular formula is C11H8F3N. The first kappa shape index (κ1) is 9.96. The van der Waals surface area contributed by atoms with E-state index in [1.807, 2.05) is 0 Å². The SMILES string of the molecule is Cc1nccc2cc(C(F)(F)F)ccc12. The maximum absolute atomic E-state index is 12.4. The number of alkyl halides is 3. The lowest BCUT2D eigenvalue weighted by Crippen LogP contribution is -2.04. The number of aromatic nitrogens is 1. The molecule has 0 N–H and O–H groups in total. The Bertz CT molecular complexity index is 503. The van der Waals surface area contributed by atoms with Crippen molar-refractivity contribution in [3.8, 4) is 0 Å². The fraction of sp³-hybridized carbons (Fsp3) is 0.182. The summed E-state index contributed by atoms with van der Waals surface area (Å²) in [5.41, 5.74) is 0.113. The lowest BCUT2D eigenvalue weighted by Gasteiger charge is -2.08. The van der Waals surface area contributed by atoms with Gasteiger partial charge in [-0.25, -0.2) is 0 Å². The second-order valence-corrected chi connectivity index (χ2v) is 3.33. The van der Waals surface area contributed by atoms with Crippen LogP contribution in [0.4, 0.5) is 13.2 Å². The molecule has 0 amide bonds. The predicted octanol–water partition coefficient (Wildman–Crippen LogP) is 3.56. The van der Waals surface area contributed by atoms with Crippen molar-refractivity contribution in [1.29, 1.82) is 0 Å². The fourth-order valence-electron chi connectivity index (χ4n) is 1.51. The second kappa shape index (κ2) is 3.22. The highest BCUT2D eigenvalue weighted by molar-refractivity contribution is 5.84. The van der Waals surface area contributed by atoms with Crippen LogP contribution < -0.4 is 0 Å². The minimum atomic E-state index is -4.29. The molecule has 0 bridgehead atoms. The van der Waals surface area contributed by atoms with E-state index in [-0.39, 0.29) is 0 Å². The van der Waals surface area contributed by atoms with Gasteiger partial charge in [0.2, 0.25) is 0 Å². The zero-order chi connectivity index (χ0) is 11.1. The van der Waals surface area contributed by atoms with E-state index in [9.17, 15) is 13.2 Å². The highest BCUT2D eigenvalue weighted by Crippen LogP contribution is 2.31. The molecule has 0 aliphatic heterocycles. The Kier molecular flexibility index (Phi) is 2.14. The van der Waals surface area contributed by atoms with E-state index in [2.05, 4.69) is 4.98 Å². The highest BCUT2D eigenvalue weighted by Gasteiger charge is 2.30. The van der Waals surface area contributed by atoms with Gasteiger partial charge >= 0.3 is 6.18 Å². The molecule has 0 aliphatic carbocycles. The van der Waals surface area contributed by atoms with Crippen molar-refractivity contribution >= 4 is 10.8 Å². The number of hydrogen-bond donors (Lipinski definition) is 0.